The maximum atomic E-state index is 5.51. The highest BCUT2D eigenvalue weighted by atomic mass is 16.5. The lowest BCUT2D eigenvalue weighted by atomic mass is 10.1. The minimum atomic E-state index is 0.617. The maximum absolute atomic E-state index is 5.51. The van der Waals surface area contributed by atoms with Crippen LogP contribution in [0.25, 0.3) is 0 Å². The second-order valence-electron chi connectivity index (χ2n) is 4.89. The van der Waals surface area contributed by atoms with Gasteiger partial charge in [0.05, 0.1) is 19.4 Å². The molecule has 0 aromatic heterocycles. The molecule has 3 nitrogen and oxygen atoms in total. The van der Waals surface area contributed by atoms with Crippen molar-refractivity contribution in [1.29, 1.82) is 0 Å². The van der Waals surface area contributed by atoms with Crippen LogP contribution in [0.2, 0.25) is 0 Å². The lowest BCUT2D eigenvalue weighted by Crippen LogP contribution is -1.96. The van der Waals surface area contributed by atoms with Crippen LogP contribution in [0, 0.1) is 13.8 Å². The van der Waals surface area contributed by atoms with E-state index in [1.54, 1.807) is 7.11 Å². The molecule has 2 aromatic rings. The van der Waals surface area contributed by atoms with Crippen LogP contribution in [0.1, 0.15) is 23.6 Å². The fourth-order valence-corrected chi connectivity index (χ4v) is 2.13. The molecule has 21 heavy (non-hydrogen) atoms. The zero-order chi connectivity index (χ0) is 15.2. The van der Waals surface area contributed by atoms with Crippen molar-refractivity contribution in [3.8, 4) is 11.5 Å². The molecule has 0 fully saturated rings. The van der Waals surface area contributed by atoms with Crippen molar-refractivity contribution in [1.82, 2.24) is 0 Å². The number of methoxy groups -OCH3 is 1. The molecule has 110 valence electrons. The molecule has 0 atom stereocenters. The zero-order valence-electron chi connectivity index (χ0n) is 13.0. The van der Waals surface area contributed by atoms with Crippen molar-refractivity contribution < 1.29 is 9.47 Å². The molecule has 0 aliphatic heterocycles. The summed E-state index contributed by atoms with van der Waals surface area (Å²) in [5.74, 6) is 1.48. The molecule has 0 N–H and O–H groups in total. The summed E-state index contributed by atoms with van der Waals surface area (Å²) in [7, 11) is 1.64. The minimum Gasteiger partial charge on any atom is -0.493 e. The van der Waals surface area contributed by atoms with Crippen LogP contribution < -0.4 is 9.47 Å². The summed E-state index contributed by atoms with van der Waals surface area (Å²) in [4.78, 5) is 4.55. The third-order valence-electron chi connectivity index (χ3n) is 3.19. The predicted octanol–water partition coefficient (Wildman–Crippen LogP) is 4.46. The van der Waals surface area contributed by atoms with Gasteiger partial charge in [0, 0.05) is 6.21 Å². The molecule has 0 saturated heterocycles. The molecule has 2 aromatic carbocycles. The van der Waals surface area contributed by atoms with Gasteiger partial charge in [-0.25, -0.2) is 0 Å². The molecular weight excluding hydrogens is 262 g/mol. The summed E-state index contributed by atoms with van der Waals surface area (Å²) in [6.07, 6.45) is 1.84. The number of aryl methyl sites for hydroxylation is 2. The Morgan fingerprint density at radius 2 is 1.86 bits per heavy atom. The van der Waals surface area contributed by atoms with E-state index in [1.807, 2.05) is 37.4 Å². The quantitative estimate of drug-likeness (QED) is 0.758. The van der Waals surface area contributed by atoms with Crippen molar-refractivity contribution in [3.05, 3.63) is 53.1 Å². The lowest BCUT2D eigenvalue weighted by Gasteiger charge is -2.09. The highest BCUT2D eigenvalue weighted by Crippen LogP contribution is 2.28. The molecule has 2 rings (SSSR count). The number of nitrogens with zero attached hydrogens (tertiary/aromatic N) is 1. The Hall–Kier alpha value is -2.29. The normalized spacial score (nSPS) is 10.9. The first-order valence-electron chi connectivity index (χ1n) is 7.06. The van der Waals surface area contributed by atoms with Gasteiger partial charge in [0.15, 0.2) is 11.5 Å². The summed E-state index contributed by atoms with van der Waals surface area (Å²) in [5.41, 5.74) is 4.38. The van der Waals surface area contributed by atoms with Crippen LogP contribution in [-0.2, 0) is 0 Å². The Labute approximate surface area is 126 Å². The minimum absolute atomic E-state index is 0.617. The monoisotopic (exact) mass is 283 g/mol. The Bertz CT molecular complexity index is 648. The van der Waals surface area contributed by atoms with Gasteiger partial charge in [-0.3, -0.25) is 4.99 Å². The number of benzene rings is 2. The summed E-state index contributed by atoms with van der Waals surface area (Å²) >= 11 is 0. The van der Waals surface area contributed by atoms with Gasteiger partial charge in [-0.05, 0) is 56.2 Å². The fourth-order valence-electron chi connectivity index (χ4n) is 2.13. The van der Waals surface area contributed by atoms with Crippen LogP contribution in [-0.4, -0.2) is 19.9 Å². The second kappa shape index (κ2) is 6.93. The van der Waals surface area contributed by atoms with Gasteiger partial charge in [-0.15, -0.1) is 0 Å². The van der Waals surface area contributed by atoms with E-state index in [0.29, 0.717) is 6.61 Å². The fraction of sp³-hybridized carbons (Fsp3) is 0.278. The summed E-state index contributed by atoms with van der Waals surface area (Å²) in [6.45, 7) is 6.72. The molecular formula is C18H21NO2. The Morgan fingerprint density at radius 1 is 1.05 bits per heavy atom. The lowest BCUT2D eigenvalue weighted by molar-refractivity contribution is 0.311. The van der Waals surface area contributed by atoms with Crippen molar-refractivity contribution in [2.45, 2.75) is 20.8 Å². The number of hydrogen-bond acceptors (Lipinski definition) is 3. The first-order valence-corrected chi connectivity index (χ1v) is 7.06. The van der Waals surface area contributed by atoms with Crippen LogP contribution in [0.4, 0.5) is 5.69 Å². The Balaban J connectivity index is 2.24. The van der Waals surface area contributed by atoms with Crippen molar-refractivity contribution in [3.63, 3.8) is 0 Å². The highest BCUT2D eigenvalue weighted by molar-refractivity contribution is 5.83. The molecule has 0 spiro atoms. The number of hydrogen-bond donors (Lipinski definition) is 0. The molecule has 0 amide bonds. The summed E-state index contributed by atoms with van der Waals surface area (Å²) in [5, 5.41) is 0. The number of rotatable bonds is 5. The first kappa shape index (κ1) is 15.1. The summed E-state index contributed by atoms with van der Waals surface area (Å²) < 4.78 is 10.9. The van der Waals surface area contributed by atoms with Crippen molar-refractivity contribution >= 4 is 11.9 Å². The van der Waals surface area contributed by atoms with Crippen molar-refractivity contribution in [2.75, 3.05) is 13.7 Å². The van der Waals surface area contributed by atoms with Gasteiger partial charge >= 0.3 is 0 Å². The van der Waals surface area contributed by atoms with Crippen LogP contribution in [0.15, 0.2) is 41.4 Å². The molecule has 0 unspecified atom stereocenters. The van der Waals surface area contributed by atoms with Gasteiger partial charge in [0.1, 0.15) is 0 Å². The van der Waals surface area contributed by atoms with Crippen LogP contribution in [0.3, 0.4) is 0 Å². The van der Waals surface area contributed by atoms with E-state index in [9.17, 15) is 0 Å². The second-order valence-corrected chi connectivity index (χ2v) is 4.89. The number of ether oxygens (including phenoxy) is 2. The van der Waals surface area contributed by atoms with E-state index < -0.39 is 0 Å². The molecule has 0 radical (unpaired) electrons. The molecule has 0 aliphatic carbocycles. The summed E-state index contributed by atoms with van der Waals surface area (Å²) in [6, 6.07) is 12.0. The van der Waals surface area contributed by atoms with Crippen LogP contribution >= 0.6 is 0 Å². The Morgan fingerprint density at radius 3 is 2.52 bits per heavy atom. The average molecular weight is 283 g/mol. The largest absolute Gasteiger partial charge is 0.493 e. The van der Waals surface area contributed by atoms with E-state index in [2.05, 4.69) is 31.0 Å². The third kappa shape index (κ3) is 3.85. The topological polar surface area (TPSA) is 30.8 Å². The van der Waals surface area contributed by atoms with E-state index in [1.165, 1.54) is 11.1 Å². The standard InChI is InChI=1S/C18H21NO2/c1-5-21-17-9-7-15(11-18(17)20-4)12-19-16-8-6-13(2)10-14(16)3/h6-12H,5H2,1-4H3. The molecule has 0 saturated carbocycles. The van der Waals surface area contributed by atoms with Gasteiger partial charge < -0.3 is 9.47 Å². The predicted molar refractivity (Wildman–Crippen MR) is 87.3 cm³/mol. The third-order valence-corrected chi connectivity index (χ3v) is 3.19. The molecule has 0 heterocycles. The van der Waals surface area contributed by atoms with E-state index in [4.69, 9.17) is 9.47 Å². The number of aliphatic imine (C=N–C) groups is 1. The molecule has 0 aliphatic rings. The van der Waals surface area contributed by atoms with E-state index >= 15 is 0 Å². The zero-order valence-corrected chi connectivity index (χ0v) is 13.0. The maximum Gasteiger partial charge on any atom is 0.161 e. The van der Waals surface area contributed by atoms with E-state index in [0.717, 1.165) is 22.7 Å². The average Bonchev–Trinajstić information content (AvgIpc) is 2.47. The Kier molecular flexibility index (Phi) is 4.99. The van der Waals surface area contributed by atoms with E-state index in [-0.39, 0.29) is 0 Å². The molecule has 3 heteroatoms. The van der Waals surface area contributed by atoms with Crippen molar-refractivity contribution in [2.24, 2.45) is 4.99 Å². The smallest absolute Gasteiger partial charge is 0.161 e. The SMILES string of the molecule is CCOc1ccc(C=Nc2ccc(C)cc2C)cc1OC. The highest BCUT2D eigenvalue weighted by Gasteiger charge is 2.04. The van der Waals surface area contributed by atoms with Gasteiger partial charge in [-0.2, -0.15) is 0 Å². The van der Waals surface area contributed by atoms with Gasteiger partial charge in [-0.1, -0.05) is 17.7 Å². The van der Waals surface area contributed by atoms with Crippen LogP contribution in [0.5, 0.6) is 11.5 Å². The van der Waals surface area contributed by atoms with Gasteiger partial charge in [0.25, 0.3) is 0 Å². The first-order chi connectivity index (χ1) is 10.1. The van der Waals surface area contributed by atoms with Gasteiger partial charge in [0.2, 0.25) is 0 Å². The molecule has 0 bridgehead atoms.